The Morgan fingerprint density at radius 3 is 2.55 bits per heavy atom. The van der Waals surface area contributed by atoms with Gasteiger partial charge in [-0.1, -0.05) is 5.16 Å². The summed E-state index contributed by atoms with van der Waals surface area (Å²) in [5.74, 6) is -0.286. The lowest BCUT2D eigenvalue weighted by molar-refractivity contribution is -0.141. The lowest BCUT2D eigenvalue weighted by atomic mass is 9.97. The molecule has 1 fully saturated rings. The van der Waals surface area contributed by atoms with E-state index in [1.54, 1.807) is 17.0 Å². The predicted octanol–water partition coefficient (Wildman–Crippen LogP) is 4.62. The van der Waals surface area contributed by atoms with Crippen molar-refractivity contribution in [2.75, 3.05) is 13.1 Å². The summed E-state index contributed by atoms with van der Waals surface area (Å²) in [6, 6.07) is 7.66. The molecule has 10 heteroatoms. The van der Waals surface area contributed by atoms with Crippen molar-refractivity contribution in [3.05, 3.63) is 65.1 Å². The van der Waals surface area contributed by atoms with Gasteiger partial charge in [-0.05, 0) is 56.2 Å². The molecule has 2 aromatic heterocycles. The molecule has 4 rings (SSSR count). The molecule has 1 amide bonds. The third kappa shape index (κ3) is 4.42. The zero-order chi connectivity index (χ0) is 22.2. The van der Waals surface area contributed by atoms with Crippen LogP contribution >= 0.6 is 0 Å². The molecule has 0 bridgehead atoms. The maximum atomic E-state index is 13.1. The van der Waals surface area contributed by atoms with Crippen molar-refractivity contribution in [3.8, 4) is 11.4 Å². The number of halogens is 4. The summed E-state index contributed by atoms with van der Waals surface area (Å²) in [6.07, 6.45) is -3.17. The van der Waals surface area contributed by atoms with E-state index >= 15 is 0 Å². The summed E-state index contributed by atoms with van der Waals surface area (Å²) in [7, 11) is 0. The lowest BCUT2D eigenvalue weighted by Gasteiger charge is -2.31. The molecular formula is C21H18F4N4O2. The molecule has 3 aromatic rings. The Kier molecular flexibility index (Phi) is 5.47. The summed E-state index contributed by atoms with van der Waals surface area (Å²) < 4.78 is 57.0. The first-order valence-electron chi connectivity index (χ1n) is 9.66. The van der Waals surface area contributed by atoms with E-state index in [2.05, 4.69) is 15.1 Å². The second kappa shape index (κ2) is 8.09. The third-order valence-electron chi connectivity index (χ3n) is 5.21. The standard InChI is InChI=1S/C21H18F4N4O2/c1-12-16(8-9-17(26-12)21(23,24)25)20(30)29-10-2-3-14(11-29)19-27-18(28-31-19)13-4-6-15(22)7-5-13/h4-9,14H,2-3,10-11H2,1H3/t14-/m0/s1. The van der Waals surface area contributed by atoms with Crippen molar-refractivity contribution in [1.82, 2.24) is 20.0 Å². The highest BCUT2D eigenvalue weighted by molar-refractivity contribution is 5.95. The largest absolute Gasteiger partial charge is 0.433 e. The van der Waals surface area contributed by atoms with Crippen molar-refractivity contribution in [1.29, 1.82) is 0 Å². The zero-order valence-electron chi connectivity index (χ0n) is 16.5. The highest BCUT2D eigenvalue weighted by atomic mass is 19.4. The van der Waals surface area contributed by atoms with Crippen molar-refractivity contribution in [2.45, 2.75) is 31.9 Å². The summed E-state index contributed by atoms with van der Waals surface area (Å²) >= 11 is 0. The van der Waals surface area contributed by atoms with Crippen LogP contribution in [0.2, 0.25) is 0 Å². The second-order valence-corrected chi connectivity index (χ2v) is 7.38. The Balaban J connectivity index is 1.50. The van der Waals surface area contributed by atoms with Crippen molar-refractivity contribution in [3.63, 3.8) is 0 Å². The van der Waals surface area contributed by atoms with Crippen LogP contribution in [0.15, 0.2) is 40.9 Å². The van der Waals surface area contributed by atoms with E-state index in [0.717, 1.165) is 18.6 Å². The van der Waals surface area contributed by atoms with Crippen LogP contribution in [0.25, 0.3) is 11.4 Å². The number of nitrogens with zero attached hydrogens (tertiary/aromatic N) is 4. The molecule has 1 atom stereocenters. The molecule has 6 nitrogen and oxygen atoms in total. The van der Waals surface area contributed by atoms with Gasteiger partial charge in [0.25, 0.3) is 5.91 Å². The monoisotopic (exact) mass is 434 g/mol. The van der Waals surface area contributed by atoms with Gasteiger partial charge in [0.2, 0.25) is 11.7 Å². The fourth-order valence-electron chi connectivity index (χ4n) is 3.60. The van der Waals surface area contributed by atoms with Crippen LogP contribution in [-0.4, -0.2) is 39.0 Å². The Labute approximate surface area is 174 Å². The van der Waals surface area contributed by atoms with Crippen LogP contribution in [0.4, 0.5) is 17.6 Å². The summed E-state index contributed by atoms with van der Waals surface area (Å²) in [5, 5.41) is 3.94. The molecule has 0 spiro atoms. The van der Waals surface area contributed by atoms with Gasteiger partial charge in [0.15, 0.2) is 0 Å². The fraction of sp³-hybridized carbons (Fsp3) is 0.333. The van der Waals surface area contributed by atoms with E-state index < -0.39 is 11.9 Å². The Hall–Kier alpha value is -3.30. The zero-order valence-corrected chi connectivity index (χ0v) is 16.5. The predicted molar refractivity (Wildman–Crippen MR) is 102 cm³/mol. The molecule has 1 aliphatic heterocycles. The number of alkyl halides is 3. The van der Waals surface area contributed by atoms with Gasteiger partial charge < -0.3 is 9.42 Å². The van der Waals surface area contributed by atoms with Crippen molar-refractivity contribution in [2.24, 2.45) is 0 Å². The topological polar surface area (TPSA) is 72.1 Å². The van der Waals surface area contributed by atoms with Gasteiger partial charge in [-0.15, -0.1) is 0 Å². The molecule has 0 unspecified atom stereocenters. The van der Waals surface area contributed by atoms with Crippen LogP contribution in [0, 0.1) is 12.7 Å². The van der Waals surface area contributed by atoms with Gasteiger partial charge in [0.05, 0.1) is 17.2 Å². The molecule has 1 aliphatic rings. The van der Waals surface area contributed by atoms with Crippen LogP contribution < -0.4 is 0 Å². The number of aromatic nitrogens is 3. The van der Waals surface area contributed by atoms with Crippen molar-refractivity contribution >= 4 is 5.91 Å². The number of carbonyl (C=O) groups is 1. The number of carbonyl (C=O) groups excluding carboxylic acids is 1. The Morgan fingerprint density at radius 2 is 1.87 bits per heavy atom. The van der Waals surface area contributed by atoms with Crippen LogP contribution in [0.3, 0.4) is 0 Å². The minimum absolute atomic E-state index is 0.0262. The molecule has 0 radical (unpaired) electrons. The highest BCUT2D eigenvalue weighted by Crippen LogP contribution is 2.30. The number of benzene rings is 1. The van der Waals surface area contributed by atoms with E-state index in [1.807, 2.05) is 0 Å². The number of hydrogen-bond donors (Lipinski definition) is 0. The van der Waals surface area contributed by atoms with Crippen LogP contribution in [0.5, 0.6) is 0 Å². The highest BCUT2D eigenvalue weighted by Gasteiger charge is 2.34. The normalized spacial score (nSPS) is 17.1. The number of pyridine rings is 1. The van der Waals surface area contributed by atoms with E-state index in [-0.39, 0.29) is 28.9 Å². The van der Waals surface area contributed by atoms with Gasteiger partial charge >= 0.3 is 6.18 Å². The van der Waals surface area contributed by atoms with Gasteiger partial charge in [-0.25, -0.2) is 9.37 Å². The van der Waals surface area contributed by atoms with Gasteiger partial charge in [-0.3, -0.25) is 4.79 Å². The molecule has 0 N–H and O–H groups in total. The van der Waals surface area contributed by atoms with E-state index in [9.17, 15) is 22.4 Å². The number of amides is 1. The molecule has 31 heavy (non-hydrogen) atoms. The number of rotatable bonds is 3. The lowest BCUT2D eigenvalue weighted by Crippen LogP contribution is -2.39. The summed E-state index contributed by atoms with van der Waals surface area (Å²) in [6.45, 7) is 2.15. The first-order valence-corrected chi connectivity index (χ1v) is 9.66. The molecule has 162 valence electrons. The quantitative estimate of drug-likeness (QED) is 0.563. The first-order chi connectivity index (χ1) is 14.7. The van der Waals surface area contributed by atoms with E-state index in [0.29, 0.717) is 36.8 Å². The van der Waals surface area contributed by atoms with E-state index in [1.165, 1.54) is 19.1 Å². The number of hydrogen-bond acceptors (Lipinski definition) is 5. The first kappa shape index (κ1) is 21.0. The molecule has 3 heterocycles. The molecular weight excluding hydrogens is 416 g/mol. The van der Waals surface area contributed by atoms with Gasteiger partial charge in [0.1, 0.15) is 11.5 Å². The average Bonchev–Trinajstić information content (AvgIpc) is 3.23. The fourth-order valence-corrected chi connectivity index (χ4v) is 3.60. The van der Waals surface area contributed by atoms with Gasteiger partial charge in [0, 0.05) is 18.7 Å². The van der Waals surface area contributed by atoms with Gasteiger partial charge in [-0.2, -0.15) is 18.2 Å². The maximum absolute atomic E-state index is 13.1. The average molecular weight is 434 g/mol. The summed E-state index contributed by atoms with van der Waals surface area (Å²) in [4.78, 5) is 22.4. The number of aryl methyl sites for hydroxylation is 1. The molecule has 0 aliphatic carbocycles. The van der Waals surface area contributed by atoms with E-state index in [4.69, 9.17) is 4.52 Å². The maximum Gasteiger partial charge on any atom is 0.433 e. The minimum atomic E-state index is -4.57. The Bertz CT molecular complexity index is 1100. The molecule has 0 saturated carbocycles. The molecule has 1 aromatic carbocycles. The Morgan fingerprint density at radius 1 is 1.13 bits per heavy atom. The summed E-state index contributed by atoms with van der Waals surface area (Å²) in [5.41, 5.74) is -0.270. The molecule has 1 saturated heterocycles. The smallest absolute Gasteiger partial charge is 0.339 e. The van der Waals surface area contributed by atoms with Crippen LogP contribution in [0.1, 0.15) is 46.4 Å². The second-order valence-electron chi connectivity index (χ2n) is 7.38. The third-order valence-corrected chi connectivity index (χ3v) is 5.21. The number of likely N-dealkylation sites (tertiary alicyclic amines) is 1. The van der Waals surface area contributed by atoms with Crippen LogP contribution in [-0.2, 0) is 6.18 Å². The number of piperidine rings is 1. The SMILES string of the molecule is Cc1nc(C(F)(F)F)ccc1C(=O)N1CCC[C@H](c2nc(-c3ccc(F)cc3)no2)C1. The van der Waals surface area contributed by atoms with Crippen molar-refractivity contribution < 1.29 is 26.9 Å². The minimum Gasteiger partial charge on any atom is -0.339 e.